The van der Waals surface area contributed by atoms with E-state index >= 15 is 0 Å². The summed E-state index contributed by atoms with van der Waals surface area (Å²) in [5, 5.41) is 0. The van der Waals surface area contributed by atoms with Crippen molar-refractivity contribution in [3.63, 3.8) is 0 Å². The molecule has 0 spiro atoms. The molecule has 0 radical (unpaired) electrons. The molecule has 0 amide bonds. The average Bonchev–Trinajstić information content (AvgIpc) is 2.40. The number of aromatic nitrogens is 1. The molecule has 0 aliphatic rings. The Morgan fingerprint density at radius 2 is 2.12 bits per heavy atom. The maximum atomic E-state index is 10.7. The number of hydrogen-bond acceptors (Lipinski definition) is 3. The van der Waals surface area contributed by atoms with Crippen LogP contribution in [0.2, 0.25) is 0 Å². The highest BCUT2D eigenvalue weighted by Gasteiger charge is 2.01. The molecule has 86 valence electrons. The van der Waals surface area contributed by atoms with Crippen molar-refractivity contribution in [2.45, 2.75) is 6.92 Å². The van der Waals surface area contributed by atoms with Crippen molar-refractivity contribution in [2.75, 3.05) is 6.61 Å². The van der Waals surface area contributed by atoms with Crippen molar-refractivity contribution < 1.29 is 9.53 Å². The zero-order valence-corrected chi connectivity index (χ0v) is 9.59. The fourth-order valence-corrected chi connectivity index (χ4v) is 1.61. The molecule has 1 heterocycles. The molecule has 0 N–H and O–H groups in total. The number of hydrogen-bond donors (Lipinski definition) is 0. The molecule has 0 fully saturated rings. The first-order valence-corrected chi connectivity index (χ1v) is 5.47. The van der Waals surface area contributed by atoms with Gasteiger partial charge in [0, 0.05) is 23.5 Å². The number of rotatable bonds is 4. The van der Waals surface area contributed by atoms with E-state index in [1.165, 1.54) is 0 Å². The third-order valence-electron chi connectivity index (χ3n) is 2.37. The molecular formula is C14H13NO2. The standard InChI is InChI=1S/C14H13NO2/c1-2-17-14-5-3-4-12(7-14)13-6-11(10-16)8-15-9-13/h3-10H,2H2,1H3. The summed E-state index contributed by atoms with van der Waals surface area (Å²) in [6.07, 6.45) is 4.07. The Morgan fingerprint density at radius 1 is 1.24 bits per heavy atom. The van der Waals surface area contributed by atoms with Crippen molar-refractivity contribution in [1.82, 2.24) is 4.98 Å². The van der Waals surface area contributed by atoms with Crippen molar-refractivity contribution in [3.05, 3.63) is 48.3 Å². The summed E-state index contributed by atoms with van der Waals surface area (Å²) in [5.74, 6) is 0.821. The van der Waals surface area contributed by atoms with Crippen LogP contribution in [-0.4, -0.2) is 17.9 Å². The molecule has 0 bridgehead atoms. The summed E-state index contributed by atoms with van der Waals surface area (Å²) in [7, 11) is 0. The Kier molecular flexibility index (Phi) is 3.50. The Labute approximate surface area is 100 Å². The average molecular weight is 227 g/mol. The van der Waals surface area contributed by atoms with Crippen molar-refractivity contribution in [2.24, 2.45) is 0 Å². The van der Waals surface area contributed by atoms with E-state index in [0.717, 1.165) is 23.2 Å². The van der Waals surface area contributed by atoms with Gasteiger partial charge in [0.15, 0.2) is 6.29 Å². The molecule has 0 aliphatic heterocycles. The van der Waals surface area contributed by atoms with Crippen molar-refractivity contribution in [1.29, 1.82) is 0 Å². The third-order valence-corrected chi connectivity index (χ3v) is 2.37. The Balaban J connectivity index is 2.37. The number of carbonyl (C=O) groups is 1. The predicted octanol–water partition coefficient (Wildman–Crippen LogP) is 2.96. The molecule has 0 saturated carbocycles. The van der Waals surface area contributed by atoms with Crippen LogP contribution in [0.15, 0.2) is 42.7 Å². The smallest absolute Gasteiger partial charge is 0.151 e. The molecule has 3 heteroatoms. The van der Waals surface area contributed by atoms with Crippen LogP contribution >= 0.6 is 0 Å². The van der Waals surface area contributed by atoms with Gasteiger partial charge in [0.2, 0.25) is 0 Å². The summed E-state index contributed by atoms with van der Waals surface area (Å²) in [5.41, 5.74) is 2.48. The molecule has 2 aromatic rings. The van der Waals surface area contributed by atoms with E-state index in [9.17, 15) is 4.79 Å². The third kappa shape index (κ3) is 2.69. The van der Waals surface area contributed by atoms with Gasteiger partial charge in [-0.3, -0.25) is 9.78 Å². The zero-order valence-electron chi connectivity index (χ0n) is 9.59. The van der Waals surface area contributed by atoms with E-state index in [1.807, 2.05) is 37.3 Å². The number of benzene rings is 1. The monoisotopic (exact) mass is 227 g/mol. The number of carbonyl (C=O) groups excluding carboxylic acids is 1. The van der Waals surface area contributed by atoms with Crippen LogP contribution in [0, 0.1) is 0 Å². The minimum Gasteiger partial charge on any atom is -0.494 e. The lowest BCUT2D eigenvalue weighted by Gasteiger charge is -2.06. The van der Waals surface area contributed by atoms with Gasteiger partial charge in [-0.05, 0) is 30.7 Å². The topological polar surface area (TPSA) is 39.2 Å². The second kappa shape index (κ2) is 5.25. The van der Waals surface area contributed by atoms with Crippen molar-refractivity contribution in [3.8, 4) is 16.9 Å². The summed E-state index contributed by atoms with van der Waals surface area (Å²) >= 11 is 0. The van der Waals surface area contributed by atoms with Gasteiger partial charge in [-0.1, -0.05) is 12.1 Å². The highest BCUT2D eigenvalue weighted by Crippen LogP contribution is 2.23. The fourth-order valence-electron chi connectivity index (χ4n) is 1.61. The van der Waals surface area contributed by atoms with Crippen LogP contribution in [0.25, 0.3) is 11.1 Å². The lowest BCUT2D eigenvalue weighted by Crippen LogP contribution is -1.91. The van der Waals surface area contributed by atoms with Crippen LogP contribution in [0.4, 0.5) is 0 Å². The van der Waals surface area contributed by atoms with Gasteiger partial charge in [-0.15, -0.1) is 0 Å². The molecule has 1 aromatic carbocycles. The molecule has 0 saturated heterocycles. The highest BCUT2D eigenvalue weighted by molar-refractivity contribution is 5.78. The summed E-state index contributed by atoms with van der Waals surface area (Å²) in [6.45, 7) is 2.58. The van der Waals surface area contributed by atoms with E-state index in [0.29, 0.717) is 12.2 Å². The Morgan fingerprint density at radius 3 is 2.88 bits per heavy atom. The first-order valence-electron chi connectivity index (χ1n) is 5.47. The highest BCUT2D eigenvalue weighted by atomic mass is 16.5. The Hall–Kier alpha value is -2.16. The first kappa shape index (κ1) is 11.3. The summed E-state index contributed by atoms with van der Waals surface area (Å²) in [4.78, 5) is 14.7. The van der Waals surface area contributed by atoms with Gasteiger partial charge in [-0.25, -0.2) is 0 Å². The minimum absolute atomic E-state index is 0.573. The quantitative estimate of drug-likeness (QED) is 0.754. The fraction of sp³-hybridized carbons (Fsp3) is 0.143. The molecular weight excluding hydrogens is 214 g/mol. The van der Waals surface area contributed by atoms with Gasteiger partial charge in [-0.2, -0.15) is 0 Å². The molecule has 0 aliphatic carbocycles. The van der Waals surface area contributed by atoms with Gasteiger partial charge in [0.25, 0.3) is 0 Å². The largest absolute Gasteiger partial charge is 0.494 e. The molecule has 17 heavy (non-hydrogen) atoms. The van der Waals surface area contributed by atoms with E-state index in [2.05, 4.69) is 4.98 Å². The number of ether oxygens (including phenoxy) is 1. The summed E-state index contributed by atoms with van der Waals surface area (Å²) < 4.78 is 5.43. The number of nitrogens with zero attached hydrogens (tertiary/aromatic N) is 1. The summed E-state index contributed by atoms with van der Waals surface area (Å²) in [6, 6.07) is 9.55. The lowest BCUT2D eigenvalue weighted by atomic mass is 10.1. The second-order valence-corrected chi connectivity index (χ2v) is 3.59. The van der Waals surface area contributed by atoms with E-state index in [-0.39, 0.29) is 0 Å². The van der Waals surface area contributed by atoms with Gasteiger partial charge < -0.3 is 4.74 Å². The van der Waals surface area contributed by atoms with Crippen LogP contribution in [0.3, 0.4) is 0 Å². The van der Waals surface area contributed by atoms with Crippen LogP contribution in [-0.2, 0) is 0 Å². The maximum absolute atomic E-state index is 10.7. The van der Waals surface area contributed by atoms with Crippen LogP contribution in [0.5, 0.6) is 5.75 Å². The molecule has 2 rings (SSSR count). The number of pyridine rings is 1. The van der Waals surface area contributed by atoms with Crippen molar-refractivity contribution >= 4 is 6.29 Å². The normalized spacial score (nSPS) is 9.94. The molecule has 0 unspecified atom stereocenters. The predicted molar refractivity (Wildman–Crippen MR) is 66.2 cm³/mol. The van der Waals surface area contributed by atoms with E-state index in [1.54, 1.807) is 12.4 Å². The van der Waals surface area contributed by atoms with E-state index < -0.39 is 0 Å². The lowest BCUT2D eigenvalue weighted by molar-refractivity contribution is 0.112. The molecule has 3 nitrogen and oxygen atoms in total. The molecule has 0 atom stereocenters. The van der Waals surface area contributed by atoms with Crippen LogP contribution in [0.1, 0.15) is 17.3 Å². The first-order chi connectivity index (χ1) is 8.33. The zero-order chi connectivity index (χ0) is 12.1. The maximum Gasteiger partial charge on any atom is 0.151 e. The van der Waals surface area contributed by atoms with Gasteiger partial charge in [0.05, 0.1) is 6.61 Å². The number of aldehydes is 1. The Bertz CT molecular complexity index is 523. The van der Waals surface area contributed by atoms with Gasteiger partial charge in [0.1, 0.15) is 5.75 Å². The SMILES string of the molecule is CCOc1cccc(-c2cncc(C=O)c2)c1. The van der Waals surface area contributed by atoms with Crippen LogP contribution < -0.4 is 4.74 Å². The second-order valence-electron chi connectivity index (χ2n) is 3.59. The van der Waals surface area contributed by atoms with E-state index in [4.69, 9.17) is 4.74 Å². The van der Waals surface area contributed by atoms with Gasteiger partial charge >= 0.3 is 0 Å². The minimum atomic E-state index is 0.573. The molecule has 1 aromatic heterocycles.